The Balaban J connectivity index is 1.68. The van der Waals surface area contributed by atoms with Gasteiger partial charge >= 0.3 is 0 Å². The molecule has 0 aromatic carbocycles. The van der Waals surface area contributed by atoms with Crippen LogP contribution in [0.3, 0.4) is 0 Å². The average molecular weight is 270 g/mol. The molecule has 1 fully saturated rings. The van der Waals surface area contributed by atoms with Gasteiger partial charge in [0.15, 0.2) is 11.0 Å². The monoisotopic (exact) mass is 269 g/mol. The molecule has 0 spiro atoms. The van der Waals surface area contributed by atoms with Gasteiger partial charge in [-0.1, -0.05) is 11.6 Å². The van der Waals surface area contributed by atoms with Crippen LogP contribution < -0.4 is 16.4 Å². The van der Waals surface area contributed by atoms with Crippen molar-refractivity contribution < 1.29 is 4.79 Å². The molecule has 1 heterocycles. The Morgan fingerprint density at radius 2 is 2.28 bits per heavy atom. The van der Waals surface area contributed by atoms with Gasteiger partial charge in [-0.25, -0.2) is 9.97 Å². The number of nitrogen functional groups attached to an aromatic ring is 1. The Labute approximate surface area is 110 Å². The maximum atomic E-state index is 11.4. The highest BCUT2D eigenvalue weighted by molar-refractivity contribution is 6.32. The van der Waals surface area contributed by atoms with Gasteiger partial charge < -0.3 is 16.4 Å². The minimum absolute atomic E-state index is 0.105. The number of aromatic nitrogens is 2. The Kier molecular flexibility index (Phi) is 4.19. The van der Waals surface area contributed by atoms with Crippen LogP contribution >= 0.6 is 11.6 Å². The predicted octanol–water partition coefficient (Wildman–Crippen LogP) is 1.18. The van der Waals surface area contributed by atoms with Crippen molar-refractivity contribution in [3.63, 3.8) is 0 Å². The smallest absolute Gasteiger partial charge is 0.220 e. The summed E-state index contributed by atoms with van der Waals surface area (Å²) < 4.78 is 0. The van der Waals surface area contributed by atoms with Crippen LogP contribution in [0.15, 0.2) is 6.33 Å². The van der Waals surface area contributed by atoms with Crippen LogP contribution in [0, 0.1) is 0 Å². The summed E-state index contributed by atoms with van der Waals surface area (Å²) in [6, 6.07) is 0.418. The van der Waals surface area contributed by atoms with Crippen molar-refractivity contribution in [3.05, 3.63) is 11.5 Å². The quantitative estimate of drug-likeness (QED) is 0.533. The van der Waals surface area contributed by atoms with E-state index in [1.807, 2.05) is 0 Å². The van der Waals surface area contributed by atoms with E-state index in [2.05, 4.69) is 20.6 Å². The SMILES string of the molecule is Nc1c(Cl)ncnc1NCCCC(=O)NC1CC1. The van der Waals surface area contributed by atoms with E-state index in [0.29, 0.717) is 30.5 Å². The van der Waals surface area contributed by atoms with Crippen LogP contribution in [0.1, 0.15) is 25.7 Å². The van der Waals surface area contributed by atoms with Gasteiger partial charge in [0.25, 0.3) is 0 Å². The fourth-order valence-electron chi connectivity index (χ4n) is 1.50. The number of nitrogens with zero attached hydrogens (tertiary/aromatic N) is 2. The van der Waals surface area contributed by atoms with E-state index in [0.717, 1.165) is 19.3 Å². The predicted molar refractivity (Wildman–Crippen MR) is 70.3 cm³/mol. The molecule has 1 aromatic heterocycles. The van der Waals surface area contributed by atoms with Crippen molar-refractivity contribution in [2.24, 2.45) is 0 Å². The Morgan fingerprint density at radius 3 is 3.00 bits per heavy atom. The molecule has 0 saturated heterocycles. The standard InChI is InChI=1S/C11H16ClN5O/c12-10-9(13)11(16-6-15-10)14-5-1-2-8(18)17-7-3-4-7/h6-7H,1-5,13H2,(H,17,18)(H,14,15,16). The molecule has 4 N–H and O–H groups in total. The molecule has 2 rings (SSSR count). The summed E-state index contributed by atoms with van der Waals surface area (Å²) >= 11 is 5.76. The highest BCUT2D eigenvalue weighted by Gasteiger charge is 2.22. The van der Waals surface area contributed by atoms with Gasteiger partial charge in [-0.3, -0.25) is 4.79 Å². The van der Waals surface area contributed by atoms with Crippen LogP contribution in [-0.2, 0) is 4.79 Å². The average Bonchev–Trinajstić information content (AvgIpc) is 3.13. The molecule has 0 radical (unpaired) electrons. The van der Waals surface area contributed by atoms with E-state index >= 15 is 0 Å². The molecule has 7 heteroatoms. The molecule has 1 amide bonds. The lowest BCUT2D eigenvalue weighted by Gasteiger charge is -2.08. The Morgan fingerprint density at radius 1 is 1.50 bits per heavy atom. The Bertz CT molecular complexity index is 435. The van der Waals surface area contributed by atoms with Crippen molar-refractivity contribution >= 4 is 29.0 Å². The summed E-state index contributed by atoms with van der Waals surface area (Å²) in [7, 11) is 0. The molecule has 18 heavy (non-hydrogen) atoms. The number of nitrogens with two attached hydrogens (primary N) is 1. The number of hydrogen-bond donors (Lipinski definition) is 3. The summed E-state index contributed by atoms with van der Waals surface area (Å²) in [5, 5.41) is 6.21. The summed E-state index contributed by atoms with van der Waals surface area (Å²) in [6.07, 6.45) is 4.79. The van der Waals surface area contributed by atoms with Crippen LogP contribution in [0.2, 0.25) is 5.15 Å². The molecule has 1 saturated carbocycles. The number of halogens is 1. The fourth-order valence-corrected chi connectivity index (χ4v) is 1.63. The second-order valence-corrected chi connectivity index (χ2v) is 4.66. The molecular weight excluding hydrogens is 254 g/mol. The highest BCUT2D eigenvalue weighted by Crippen LogP contribution is 2.21. The van der Waals surface area contributed by atoms with E-state index in [4.69, 9.17) is 17.3 Å². The molecule has 1 aliphatic rings. The first-order chi connectivity index (χ1) is 8.66. The minimum Gasteiger partial charge on any atom is -0.393 e. The van der Waals surface area contributed by atoms with Crippen LogP contribution in [-0.4, -0.2) is 28.5 Å². The normalized spacial score (nSPS) is 14.3. The minimum atomic E-state index is 0.105. The van der Waals surface area contributed by atoms with E-state index in [1.165, 1.54) is 6.33 Å². The lowest BCUT2D eigenvalue weighted by Crippen LogP contribution is -2.25. The third-order valence-corrected chi connectivity index (χ3v) is 2.95. The van der Waals surface area contributed by atoms with E-state index in [1.54, 1.807) is 0 Å². The van der Waals surface area contributed by atoms with Crippen molar-refractivity contribution in [1.82, 2.24) is 15.3 Å². The van der Waals surface area contributed by atoms with Crippen LogP contribution in [0.25, 0.3) is 0 Å². The number of amides is 1. The van der Waals surface area contributed by atoms with Crippen LogP contribution in [0.4, 0.5) is 11.5 Å². The maximum absolute atomic E-state index is 11.4. The van der Waals surface area contributed by atoms with E-state index in [-0.39, 0.29) is 11.1 Å². The van der Waals surface area contributed by atoms with Crippen LogP contribution in [0.5, 0.6) is 0 Å². The fraction of sp³-hybridized carbons (Fsp3) is 0.545. The summed E-state index contributed by atoms with van der Waals surface area (Å²) in [6.45, 7) is 0.621. The van der Waals surface area contributed by atoms with E-state index < -0.39 is 0 Å². The zero-order valence-corrected chi connectivity index (χ0v) is 10.7. The van der Waals surface area contributed by atoms with Gasteiger partial charge in [0.05, 0.1) is 0 Å². The molecule has 0 bridgehead atoms. The molecule has 0 unspecified atom stereocenters. The molecule has 6 nitrogen and oxygen atoms in total. The van der Waals surface area contributed by atoms with Crippen molar-refractivity contribution in [3.8, 4) is 0 Å². The van der Waals surface area contributed by atoms with Gasteiger partial charge in [0.2, 0.25) is 5.91 Å². The highest BCUT2D eigenvalue weighted by atomic mass is 35.5. The van der Waals surface area contributed by atoms with Gasteiger partial charge in [-0.15, -0.1) is 0 Å². The zero-order chi connectivity index (χ0) is 13.0. The third-order valence-electron chi connectivity index (χ3n) is 2.65. The first kappa shape index (κ1) is 12.9. The zero-order valence-electron chi connectivity index (χ0n) is 9.95. The number of hydrogen-bond acceptors (Lipinski definition) is 5. The molecule has 98 valence electrons. The number of carbonyl (C=O) groups is 1. The third kappa shape index (κ3) is 3.73. The second-order valence-electron chi connectivity index (χ2n) is 4.30. The molecule has 1 aromatic rings. The number of anilines is 2. The molecule has 0 atom stereocenters. The first-order valence-corrected chi connectivity index (χ1v) is 6.34. The van der Waals surface area contributed by atoms with Crippen molar-refractivity contribution in [1.29, 1.82) is 0 Å². The Hall–Kier alpha value is -1.56. The lowest BCUT2D eigenvalue weighted by atomic mass is 10.3. The van der Waals surface area contributed by atoms with E-state index in [9.17, 15) is 4.79 Å². The van der Waals surface area contributed by atoms with Gasteiger partial charge in [-0.05, 0) is 19.3 Å². The molecule has 1 aliphatic carbocycles. The van der Waals surface area contributed by atoms with Gasteiger partial charge in [0.1, 0.15) is 12.0 Å². The topological polar surface area (TPSA) is 92.9 Å². The number of rotatable bonds is 6. The van der Waals surface area contributed by atoms with Gasteiger partial charge in [0, 0.05) is 19.0 Å². The van der Waals surface area contributed by atoms with Crippen molar-refractivity contribution in [2.75, 3.05) is 17.6 Å². The first-order valence-electron chi connectivity index (χ1n) is 5.96. The number of nitrogens with one attached hydrogen (secondary N) is 2. The number of carbonyl (C=O) groups excluding carboxylic acids is 1. The summed E-state index contributed by atoms with van der Waals surface area (Å²) in [4.78, 5) is 19.2. The van der Waals surface area contributed by atoms with Gasteiger partial charge in [-0.2, -0.15) is 0 Å². The summed E-state index contributed by atoms with van der Waals surface area (Å²) in [5.74, 6) is 0.616. The lowest BCUT2D eigenvalue weighted by molar-refractivity contribution is -0.121. The largest absolute Gasteiger partial charge is 0.393 e. The van der Waals surface area contributed by atoms with Crippen molar-refractivity contribution in [2.45, 2.75) is 31.7 Å². The summed E-state index contributed by atoms with van der Waals surface area (Å²) in [5.41, 5.74) is 6.03. The maximum Gasteiger partial charge on any atom is 0.220 e. The second kappa shape index (κ2) is 5.86. The molecule has 0 aliphatic heterocycles. The molecular formula is C11H16ClN5O.